The van der Waals surface area contributed by atoms with E-state index in [0.29, 0.717) is 5.02 Å². The van der Waals surface area contributed by atoms with Crippen LogP contribution in [0.4, 0.5) is 5.69 Å². The molecule has 3 nitrogen and oxygen atoms in total. The van der Waals surface area contributed by atoms with Crippen molar-refractivity contribution in [2.24, 2.45) is 0 Å². The second-order valence-electron chi connectivity index (χ2n) is 5.83. The summed E-state index contributed by atoms with van der Waals surface area (Å²) in [4.78, 5) is 4.31. The molecule has 0 fully saturated rings. The van der Waals surface area contributed by atoms with Gasteiger partial charge < -0.3 is 10.4 Å². The molecule has 0 spiro atoms. The van der Waals surface area contributed by atoms with E-state index >= 15 is 0 Å². The third kappa shape index (κ3) is 2.82. The zero-order chi connectivity index (χ0) is 14.3. The van der Waals surface area contributed by atoms with Crippen molar-refractivity contribution in [1.29, 1.82) is 0 Å². The van der Waals surface area contributed by atoms with Gasteiger partial charge >= 0.3 is 0 Å². The molecule has 2 N–H and O–H groups in total. The molecule has 4 heteroatoms. The number of aliphatic hydroxyl groups is 1. The Bertz CT molecular complexity index is 603. The number of rotatable bonds is 3. The molecule has 1 aromatic carbocycles. The Hall–Kier alpha value is -1.32. The maximum atomic E-state index is 10.2. The van der Waals surface area contributed by atoms with E-state index in [9.17, 15) is 5.11 Å². The van der Waals surface area contributed by atoms with Crippen molar-refractivity contribution in [3.63, 3.8) is 0 Å². The van der Waals surface area contributed by atoms with Crippen molar-refractivity contribution in [3.8, 4) is 0 Å². The van der Waals surface area contributed by atoms with Gasteiger partial charge in [0.25, 0.3) is 0 Å². The SMILES string of the molecule is CC(C)(O)C(C)(C)Nc1ccnc2cc(Cl)ccc12. The molecule has 0 amide bonds. The highest BCUT2D eigenvalue weighted by molar-refractivity contribution is 6.31. The molecule has 0 aliphatic rings. The van der Waals surface area contributed by atoms with E-state index in [-0.39, 0.29) is 0 Å². The second kappa shape index (κ2) is 4.66. The van der Waals surface area contributed by atoms with Gasteiger partial charge in [0.1, 0.15) is 0 Å². The molecule has 0 bridgehead atoms. The molecule has 0 aliphatic heterocycles. The molecular formula is C15H19ClN2O. The van der Waals surface area contributed by atoms with E-state index in [4.69, 9.17) is 11.6 Å². The first kappa shape index (κ1) is 14.1. The lowest BCUT2D eigenvalue weighted by atomic mass is 9.85. The summed E-state index contributed by atoms with van der Waals surface area (Å²) in [5.74, 6) is 0. The Balaban J connectivity index is 2.47. The van der Waals surface area contributed by atoms with Crippen LogP contribution in [0.3, 0.4) is 0 Å². The number of benzene rings is 1. The fraction of sp³-hybridized carbons (Fsp3) is 0.400. The number of aromatic nitrogens is 1. The predicted molar refractivity (Wildman–Crippen MR) is 80.8 cm³/mol. The number of nitrogens with zero attached hydrogens (tertiary/aromatic N) is 1. The summed E-state index contributed by atoms with van der Waals surface area (Å²) in [6.07, 6.45) is 1.74. The fourth-order valence-corrected chi connectivity index (χ4v) is 1.89. The molecular weight excluding hydrogens is 260 g/mol. The molecule has 1 aromatic heterocycles. The van der Waals surface area contributed by atoms with Crippen LogP contribution < -0.4 is 5.32 Å². The van der Waals surface area contributed by atoms with E-state index in [2.05, 4.69) is 10.3 Å². The summed E-state index contributed by atoms with van der Waals surface area (Å²) in [6, 6.07) is 7.52. The lowest BCUT2D eigenvalue weighted by Crippen LogP contribution is -2.51. The summed E-state index contributed by atoms with van der Waals surface area (Å²) < 4.78 is 0. The number of anilines is 1. The Kier molecular flexibility index (Phi) is 3.45. The summed E-state index contributed by atoms with van der Waals surface area (Å²) in [6.45, 7) is 7.52. The fourth-order valence-electron chi connectivity index (χ4n) is 1.72. The Labute approximate surface area is 118 Å². The number of hydrogen-bond donors (Lipinski definition) is 2. The topological polar surface area (TPSA) is 45.1 Å². The number of pyridine rings is 1. The van der Waals surface area contributed by atoms with Gasteiger partial charge in [0.05, 0.1) is 16.7 Å². The minimum Gasteiger partial charge on any atom is -0.388 e. The van der Waals surface area contributed by atoms with Crippen molar-refractivity contribution >= 4 is 28.2 Å². The van der Waals surface area contributed by atoms with E-state index in [1.165, 1.54) is 0 Å². The number of nitrogens with one attached hydrogen (secondary N) is 1. The molecule has 2 rings (SSSR count). The average molecular weight is 279 g/mol. The van der Waals surface area contributed by atoms with Crippen molar-refractivity contribution in [2.45, 2.75) is 38.8 Å². The average Bonchev–Trinajstić information content (AvgIpc) is 2.26. The van der Waals surface area contributed by atoms with Crippen LogP contribution in [0.5, 0.6) is 0 Å². The first-order valence-corrected chi connectivity index (χ1v) is 6.63. The molecule has 2 aromatic rings. The normalized spacial score (nSPS) is 12.7. The van der Waals surface area contributed by atoms with Crippen LogP contribution in [0.2, 0.25) is 5.02 Å². The lowest BCUT2D eigenvalue weighted by Gasteiger charge is -2.39. The zero-order valence-corrected chi connectivity index (χ0v) is 12.4. The highest BCUT2D eigenvalue weighted by Gasteiger charge is 2.35. The molecule has 0 radical (unpaired) electrons. The molecule has 0 saturated carbocycles. The third-order valence-electron chi connectivity index (χ3n) is 3.68. The zero-order valence-electron chi connectivity index (χ0n) is 11.7. The smallest absolute Gasteiger partial charge is 0.0814 e. The number of hydrogen-bond acceptors (Lipinski definition) is 3. The van der Waals surface area contributed by atoms with Crippen LogP contribution in [-0.4, -0.2) is 21.2 Å². The van der Waals surface area contributed by atoms with Crippen LogP contribution in [0.25, 0.3) is 10.9 Å². The molecule has 1 heterocycles. The number of halogens is 1. The minimum absolute atomic E-state index is 0.471. The largest absolute Gasteiger partial charge is 0.388 e. The van der Waals surface area contributed by atoms with Crippen molar-refractivity contribution < 1.29 is 5.11 Å². The summed E-state index contributed by atoms with van der Waals surface area (Å²) in [5.41, 5.74) is 0.452. The second-order valence-corrected chi connectivity index (χ2v) is 6.27. The van der Waals surface area contributed by atoms with Crippen LogP contribution in [0.1, 0.15) is 27.7 Å². The lowest BCUT2D eigenvalue weighted by molar-refractivity contribution is 0.0241. The predicted octanol–water partition coefficient (Wildman–Crippen LogP) is 3.85. The quantitative estimate of drug-likeness (QED) is 0.896. The van der Waals surface area contributed by atoms with E-state index in [1.54, 1.807) is 20.0 Å². The number of fused-ring (bicyclic) bond motifs is 1. The Morgan fingerprint density at radius 3 is 2.47 bits per heavy atom. The van der Waals surface area contributed by atoms with Gasteiger partial charge in [0.2, 0.25) is 0 Å². The van der Waals surface area contributed by atoms with Gasteiger partial charge in [0.15, 0.2) is 0 Å². The van der Waals surface area contributed by atoms with Crippen LogP contribution in [-0.2, 0) is 0 Å². The van der Waals surface area contributed by atoms with Gasteiger partial charge in [-0.3, -0.25) is 4.98 Å². The standard InChI is InChI=1S/C15H19ClN2O/c1-14(2,15(3,4)19)18-12-7-8-17-13-9-10(16)5-6-11(12)13/h5-9,19H,1-4H3,(H,17,18). The van der Waals surface area contributed by atoms with Gasteiger partial charge in [-0.1, -0.05) is 11.6 Å². The first-order valence-electron chi connectivity index (χ1n) is 6.25. The Morgan fingerprint density at radius 1 is 1.16 bits per heavy atom. The first-order chi connectivity index (χ1) is 8.71. The van der Waals surface area contributed by atoms with E-state index in [1.807, 2.05) is 38.1 Å². The third-order valence-corrected chi connectivity index (χ3v) is 3.92. The maximum absolute atomic E-state index is 10.2. The Morgan fingerprint density at radius 2 is 1.84 bits per heavy atom. The van der Waals surface area contributed by atoms with Gasteiger partial charge in [-0.2, -0.15) is 0 Å². The van der Waals surface area contributed by atoms with Crippen molar-refractivity contribution in [1.82, 2.24) is 4.98 Å². The van der Waals surface area contributed by atoms with Crippen LogP contribution in [0, 0.1) is 0 Å². The van der Waals surface area contributed by atoms with Gasteiger partial charge in [-0.25, -0.2) is 0 Å². The van der Waals surface area contributed by atoms with E-state index < -0.39 is 11.1 Å². The summed E-state index contributed by atoms with van der Waals surface area (Å²) in [7, 11) is 0. The minimum atomic E-state index is -0.852. The molecule has 0 unspecified atom stereocenters. The molecule has 19 heavy (non-hydrogen) atoms. The van der Waals surface area contributed by atoms with Crippen LogP contribution >= 0.6 is 11.6 Å². The summed E-state index contributed by atoms with van der Waals surface area (Å²) >= 11 is 5.98. The molecule has 0 aliphatic carbocycles. The van der Waals surface area contributed by atoms with Gasteiger partial charge in [-0.15, -0.1) is 0 Å². The highest BCUT2D eigenvalue weighted by Crippen LogP contribution is 2.30. The van der Waals surface area contributed by atoms with Gasteiger partial charge in [0, 0.05) is 22.3 Å². The van der Waals surface area contributed by atoms with Crippen molar-refractivity contribution in [3.05, 3.63) is 35.5 Å². The van der Waals surface area contributed by atoms with Gasteiger partial charge in [-0.05, 0) is 52.0 Å². The molecule has 0 atom stereocenters. The van der Waals surface area contributed by atoms with Crippen LogP contribution in [0.15, 0.2) is 30.5 Å². The van der Waals surface area contributed by atoms with Crippen molar-refractivity contribution in [2.75, 3.05) is 5.32 Å². The maximum Gasteiger partial charge on any atom is 0.0814 e. The monoisotopic (exact) mass is 278 g/mol. The highest BCUT2D eigenvalue weighted by atomic mass is 35.5. The molecule has 102 valence electrons. The summed E-state index contributed by atoms with van der Waals surface area (Å²) in [5, 5.41) is 15.3. The van der Waals surface area contributed by atoms with E-state index in [0.717, 1.165) is 16.6 Å². The molecule has 0 saturated heterocycles.